The quantitative estimate of drug-likeness (QED) is 0.831. The first kappa shape index (κ1) is 11.9. The third kappa shape index (κ3) is 2.74. The SMILES string of the molecule is COCCN(c1cc(C)c(Br)cn1)C1CC1. The summed E-state index contributed by atoms with van der Waals surface area (Å²) >= 11 is 3.48. The first-order valence-electron chi connectivity index (χ1n) is 5.60. The molecule has 0 saturated heterocycles. The molecule has 1 aliphatic rings. The molecule has 2 rings (SSSR count). The summed E-state index contributed by atoms with van der Waals surface area (Å²) in [5, 5.41) is 0. The van der Waals surface area contributed by atoms with Crippen LogP contribution in [0, 0.1) is 6.92 Å². The van der Waals surface area contributed by atoms with Crippen molar-refractivity contribution >= 4 is 21.7 Å². The van der Waals surface area contributed by atoms with Crippen LogP contribution in [0.15, 0.2) is 16.7 Å². The van der Waals surface area contributed by atoms with Crippen molar-refractivity contribution in [3.63, 3.8) is 0 Å². The maximum Gasteiger partial charge on any atom is 0.129 e. The highest BCUT2D eigenvalue weighted by Crippen LogP contribution is 2.31. The first-order chi connectivity index (χ1) is 7.72. The average Bonchev–Trinajstić information content (AvgIpc) is 3.08. The second-order valence-corrected chi connectivity index (χ2v) is 5.06. The molecule has 0 atom stereocenters. The Bertz CT molecular complexity index is 366. The number of rotatable bonds is 5. The number of nitrogens with zero attached hydrogens (tertiary/aromatic N) is 2. The van der Waals surface area contributed by atoms with Crippen LogP contribution in [0.5, 0.6) is 0 Å². The maximum atomic E-state index is 5.15. The molecule has 1 aliphatic carbocycles. The summed E-state index contributed by atoms with van der Waals surface area (Å²) in [5.41, 5.74) is 1.23. The predicted molar refractivity (Wildman–Crippen MR) is 68.9 cm³/mol. The van der Waals surface area contributed by atoms with Crippen molar-refractivity contribution in [2.45, 2.75) is 25.8 Å². The smallest absolute Gasteiger partial charge is 0.129 e. The van der Waals surface area contributed by atoms with E-state index in [-0.39, 0.29) is 0 Å². The van der Waals surface area contributed by atoms with Crippen molar-refractivity contribution in [1.29, 1.82) is 0 Å². The molecule has 1 aromatic rings. The number of pyridine rings is 1. The minimum absolute atomic E-state index is 0.670. The summed E-state index contributed by atoms with van der Waals surface area (Å²) < 4.78 is 6.22. The van der Waals surface area contributed by atoms with Gasteiger partial charge in [0.2, 0.25) is 0 Å². The third-order valence-electron chi connectivity index (χ3n) is 2.85. The molecule has 88 valence electrons. The number of methoxy groups -OCH3 is 1. The minimum atomic E-state index is 0.670. The van der Waals surface area contributed by atoms with E-state index in [2.05, 4.69) is 38.8 Å². The van der Waals surface area contributed by atoms with Crippen LogP contribution in [0.3, 0.4) is 0 Å². The van der Waals surface area contributed by atoms with Crippen LogP contribution in [0.1, 0.15) is 18.4 Å². The fourth-order valence-electron chi connectivity index (χ4n) is 1.74. The molecule has 0 spiro atoms. The molecule has 16 heavy (non-hydrogen) atoms. The fourth-order valence-corrected chi connectivity index (χ4v) is 1.96. The highest BCUT2D eigenvalue weighted by atomic mass is 79.9. The number of hydrogen-bond acceptors (Lipinski definition) is 3. The van der Waals surface area contributed by atoms with Crippen LogP contribution in [-0.2, 0) is 4.74 Å². The van der Waals surface area contributed by atoms with Crippen LogP contribution in [0.2, 0.25) is 0 Å². The molecular formula is C12H17BrN2O. The molecule has 0 aromatic carbocycles. The van der Waals surface area contributed by atoms with Gasteiger partial charge in [0.15, 0.2) is 0 Å². The Balaban J connectivity index is 2.14. The Morgan fingerprint density at radius 2 is 2.31 bits per heavy atom. The number of halogens is 1. The lowest BCUT2D eigenvalue weighted by atomic mass is 10.3. The summed E-state index contributed by atoms with van der Waals surface area (Å²) in [6.07, 6.45) is 4.44. The van der Waals surface area contributed by atoms with Gasteiger partial charge in [0.1, 0.15) is 5.82 Å². The lowest BCUT2D eigenvalue weighted by Crippen LogP contribution is -2.30. The van der Waals surface area contributed by atoms with Gasteiger partial charge in [-0.2, -0.15) is 0 Å². The van der Waals surface area contributed by atoms with Crippen molar-refractivity contribution in [3.05, 3.63) is 22.3 Å². The van der Waals surface area contributed by atoms with E-state index in [1.807, 2.05) is 6.20 Å². The van der Waals surface area contributed by atoms with E-state index in [1.165, 1.54) is 18.4 Å². The van der Waals surface area contributed by atoms with Gasteiger partial charge in [-0.15, -0.1) is 0 Å². The Morgan fingerprint density at radius 1 is 1.56 bits per heavy atom. The Hall–Kier alpha value is -0.610. The molecule has 0 amide bonds. The topological polar surface area (TPSA) is 25.4 Å². The highest BCUT2D eigenvalue weighted by molar-refractivity contribution is 9.10. The van der Waals surface area contributed by atoms with E-state index in [0.29, 0.717) is 6.04 Å². The van der Waals surface area contributed by atoms with Gasteiger partial charge in [-0.05, 0) is 47.3 Å². The molecule has 1 fully saturated rings. The molecule has 0 unspecified atom stereocenters. The number of aryl methyl sites for hydroxylation is 1. The molecule has 0 bridgehead atoms. The van der Waals surface area contributed by atoms with Crippen LogP contribution >= 0.6 is 15.9 Å². The summed E-state index contributed by atoms with van der Waals surface area (Å²) in [6.45, 7) is 3.78. The molecule has 1 heterocycles. The van der Waals surface area contributed by atoms with Gasteiger partial charge in [-0.3, -0.25) is 0 Å². The lowest BCUT2D eigenvalue weighted by Gasteiger charge is -2.23. The van der Waals surface area contributed by atoms with Gasteiger partial charge in [-0.1, -0.05) is 0 Å². The monoisotopic (exact) mass is 284 g/mol. The zero-order chi connectivity index (χ0) is 11.5. The van der Waals surface area contributed by atoms with Crippen LogP contribution in [-0.4, -0.2) is 31.3 Å². The van der Waals surface area contributed by atoms with E-state index in [1.54, 1.807) is 7.11 Å². The standard InChI is InChI=1S/C12H17BrN2O/c1-9-7-12(14-8-11(9)13)15(5-6-16-2)10-3-4-10/h7-8,10H,3-6H2,1-2H3. The van der Waals surface area contributed by atoms with Crippen LogP contribution in [0.4, 0.5) is 5.82 Å². The second kappa shape index (κ2) is 5.15. The predicted octanol–water partition coefficient (Wildman–Crippen LogP) is 2.77. The van der Waals surface area contributed by atoms with Gasteiger partial charge in [0.05, 0.1) is 6.61 Å². The summed E-state index contributed by atoms with van der Waals surface area (Å²) in [5.74, 6) is 1.07. The van der Waals surface area contributed by atoms with E-state index >= 15 is 0 Å². The van der Waals surface area contributed by atoms with Gasteiger partial charge in [0, 0.05) is 30.4 Å². The summed E-state index contributed by atoms with van der Waals surface area (Å²) in [6, 6.07) is 2.81. The molecule has 1 aromatic heterocycles. The lowest BCUT2D eigenvalue weighted by molar-refractivity contribution is 0.204. The van der Waals surface area contributed by atoms with Gasteiger partial charge in [0.25, 0.3) is 0 Å². The number of anilines is 1. The van der Waals surface area contributed by atoms with Crippen LogP contribution < -0.4 is 4.90 Å². The van der Waals surface area contributed by atoms with Crippen molar-refractivity contribution in [3.8, 4) is 0 Å². The Morgan fingerprint density at radius 3 is 2.88 bits per heavy atom. The first-order valence-corrected chi connectivity index (χ1v) is 6.39. The Labute approximate surface area is 105 Å². The molecular weight excluding hydrogens is 268 g/mol. The Kier molecular flexibility index (Phi) is 3.82. The normalized spacial score (nSPS) is 15.2. The zero-order valence-corrected chi connectivity index (χ0v) is 11.3. The van der Waals surface area contributed by atoms with Gasteiger partial charge in [-0.25, -0.2) is 4.98 Å². The molecule has 4 heteroatoms. The van der Waals surface area contributed by atoms with E-state index in [4.69, 9.17) is 4.74 Å². The minimum Gasteiger partial charge on any atom is -0.383 e. The largest absolute Gasteiger partial charge is 0.383 e. The van der Waals surface area contributed by atoms with Gasteiger partial charge >= 0.3 is 0 Å². The van der Waals surface area contributed by atoms with Gasteiger partial charge < -0.3 is 9.64 Å². The number of hydrogen-bond donors (Lipinski definition) is 0. The summed E-state index contributed by atoms with van der Waals surface area (Å²) in [4.78, 5) is 6.83. The molecule has 3 nitrogen and oxygen atoms in total. The number of aromatic nitrogens is 1. The number of ether oxygens (including phenoxy) is 1. The fraction of sp³-hybridized carbons (Fsp3) is 0.583. The van der Waals surface area contributed by atoms with E-state index in [9.17, 15) is 0 Å². The highest BCUT2D eigenvalue weighted by Gasteiger charge is 2.29. The third-order valence-corrected chi connectivity index (χ3v) is 3.68. The van der Waals surface area contributed by atoms with Crippen LogP contribution in [0.25, 0.3) is 0 Å². The van der Waals surface area contributed by atoms with Crippen molar-refractivity contribution < 1.29 is 4.74 Å². The van der Waals surface area contributed by atoms with Crippen molar-refractivity contribution in [2.75, 3.05) is 25.2 Å². The zero-order valence-electron chi connectivity index (χ0n) is 9.74. The summed E-state index contributed by atoms with van der Waals surface area (Å²) in [7, 11) is 1.74. The second-order valence-electron chi connectivity index (χ2n) is 4.21. The van der Waals surface area contributed by atoms with Crippen molar-refractivity contribution in [1.82, 2.24) is 4.98 Å². The van der Waals surface area contributed by atoms with E-state index in [0.717, 1.165) is 23.4 Å². The van der Waals surface area contributed by atoms with E-state index < -0.39 is 0 Å². The average molecular weight is 285 g/mol. The molecule has 0 aliphatic heterocycles. The molecule has 0 N–H and O–H groups in total. The molecule has 1 saturated carbocycles. The molecule has 0 radical (unpaired) electrons. The van der Waals surface area contributed by atoms with Crippen molar-refractivity contribution in [2.24, 2.45) is 0 Å². The maximum absolute atomic E-state index is 5.15.